The van der Waals surface area contributed by atoms with Crippen molar-refractivity contribution in [2.75, 3.05) is 26.7 Å². The maximum absolute atomic E-state index is 13.4. The molecule has 0 amide bonds. The molecule has 0 fully saturated rings. The summed E-state index contributed by atoms with van der Waals surface area (Å²) in [6.07, 6.45) is -4.85. The molecule has 0 spiro atoms. The highest BCUT2D eigenvalue weighted by Crippen LogP contribution is 2.29. The number of carboxylic acid groups (broad SMARTS) is 1. The fraction of sp³-hybridized carbons (Fsp3) is 0.278. The fourth-order valence-electron chi connectivity index (χ4n) is 5.23. The zero-order chi connectivity index (χ0) is 33.3. The van der Waals surface area contributed by atoms with E-state index < -0.39 is 23.8 Å². The van der Waals surface area contributed by atoms with Gasteiger partial charge in [0, 0.05) is 35.0 Å². The van der Waals surface area contributed by atoms with E-state index in [9.17, 15) is 22.8 Å². The summed E-state index contributed by atoms with van der Waals surface area (Å²) in [4.78, 5) is 25.5. The summed E-state index contributed by atoms with van der Waals surface area (Å²) >= 11 is 12.2. The average Bonchev–Trinajstić information content (AvgIpc) is 3.03. The third-order valence-electron chi connectivity index (χ3n) is 7.82. The number of carboxylic acids is 1. The van der Waals surface area contributed by atoms with Gasteiger partial charge >= 0.3 is 12.1 Å². The molecular formula is C36H34Cl2F3NO4. The molecule has 0 aliphatic carbocycles. The van der Waals surface area contributed by atoms with Gasteiger partial charge < -0.3 is 14.7 Å². The van der Waals surface area contributed by atoms with Gasteiger partial charge in [-0.25, -0.2) is 4.79 Å². The van der Waals surface area contributed by atoms with Gasteiger partial charge in [-0.05, 0) is 97.1 Å². The summed E-state index contributed by atoms with van der Waals surface area (Å²) in [6.45, 7) is 1.72. The predicted octanol–water partition coefficient (Wildman–Crippen LogP) is 8.76. The van der Waals surface area contributed by atoms with E-state index in [2.05, 4.69) is 4.90 Å². The van der Waals surface area contributed by atoms with Crippen LogP contribution in [-0.2, 0) is 17.6 Å². The minimum atomic E-state index is -4.95. The van der Waals surface area contributed by atoms with E-state index in [4.69, 9.17) is 33.0 Å². The molecule has 0 heterocycles. The number of hydrogen-bond acceptors (Lipinski definition) is 4. The van der Waals surface area contributed by atoms with Crippen molar-refractivity contribution in [2.45, 2.75) is 31.4 Å². The second-order valence-electron chi connectivity index (χ2n) is 11.2. The lowest BCUT2D eigenvalue weighted by Crippen LogP contribution is -2.32. The molecule has 0 radical (unpaired) electrons. The van der Waals surface area contributed by atoms with Crippen molar-refractivity contribution in [3.63, 3.8) is 0 Å². The lowest BCUT2D eigenvalue weighted by molar-refractivity contribution is -0.175. The Morgan fingerprint density at radius 2 is 1.33 bits per heavy atom. The summed E-state index contributed by atoms with van der Waals surface area (Å²) in [5, 5.41) is 10.4. The zero-order valence-electron chi connectivity index (χ0n) is 25.1. The van der Waals surface area contributed by atoms with E-state index >= 15 is 0 Å². The van der Waals surface area contributed by atoms with Gasteiger partial charge in [0.15, 0.2) is 0 Å². The molecule has 4 aromatic carbocycles. The van der Waals surface area contributed by atoms with E-state index in [1.165, 1.54) is 12.1 Å². The van der Waals surface area contributed by atoms with Crippen LogP contribution in [0.3, 0.4) is 0 Å². The summed E-state index contributed by atoms with van der Waals surface area (Å²) in [5.41, 5.74) is 3.57. The van der Waals surface area contributed by atoms with Gasteiger partial charge in [-0.1, -0.05) is 71.7 Å². The topological polar surface area (TPSA) is 66.8 Å². The molecule has 0 aliphatic rings. The van der Waals surface area contributed by atoms with Crippen molar-refractivity contribution in [1.82, 2.24) is 4.90 Å². The monoisotopic (exact) mass is 671 g/mol. The van der Waals surface area contributed by atoms with Crippen LogP contribution in [0.2, 0.25) is 10.0 Å². The first kappa shape index (κ1) is 35.0. The molecule has 0 saturated carbocycles. The molecule has 4 aromatic rings. The van der Waals surface area contributed by atoms with Gasteiger partial charge in [0.05, 0.1) is 5.56 Å². The van der Waals surface area contributed by atoms with Crippen LogP contribution in [0.15, 0.2) is 97.1 Å². The highest BCUT2D eigenvalue weighted by Gasteiger charge is 2.42. The van der Waals surface area contributed by atoms with Gasteiger partial charge in [-0.15, -0.1) is 0 Å². The Balaban J connectivity index is 1.33. The maximum atomic E-state index is 13.4. The number of aromatic carboxylic acids is 1. The van der Waals surface area contributed by atoms with Crippen LogP contribution in [0, 0.1) is 5.92 Å². The Labute approximate surface area is 276 Å². The quantitative estimate of drug-likeness (QED) is 0.137. The maximum Gasteiger partial charge on any atom is 0.450 e. The molecule has 1 atom stereocenters. The fourth-order valence-corrected chi connectivity index (χ4v) is 5.49. The van der Waals surface area contributed by atoms with Crippen molar-refractivity contribution < 1.29 is 32.6 Å². The van der Waals surface area contributed by atoms with Crippen LogP contribution < -0.4 is 4.74 Å². The Kier molecular flexibility index (Phi) is 12.3. The Morgan fingerprint density at radius 3 is 1.83 bits per heavy atom. The molecule has 4 rings (SSSR count). The zero-order valence-corrected chi connectivity index (χ0v) is 26.7. The van der Waals surface area contributed by atoms with E-state index in [0.717, 1.165) is 11.1 Å². The Morgan fingerprint density at radius 1 is 0.804 bits per heavy atom. The number of rotatable bonds is 15. The number of carbonyl (C=O) groups is 2. The molecule has 46 heavy (non-hydrogen) atoms. The van der Waals surface area contributed by atoms with Gasteiger partial charge in [0.2, 0.25) is 5.78 Å². The number of benzene rings is 4. The second-order valence-corrected chi connectivity index (χ2v) is 12.1. The van der Waals surface area contributed by atoms with Crippen LogP contribution in [0.1, 0.15) is 45.0 Å². The number of Topliss-reactive ketones (excluding diaryl/α,β-unsaturated/α-hetero) is 1. The number of nitrogens with zero attached hydrogens (tertiary/aromatic N) is 1. The highest BCUT2D eigenvalue weighted by atomic mass is 35.5. The third kappa shape index (κ3) is 10.3. The van der Waals surface area contributed by atoms with E-state index in [-0.39, 0.29) is 30.7 Å². The molecule has 1 N–H and O–H groups in total. The second kappa shape index (κ2) is 16.1. The van der Waals surface area contributed by atoms with Crippen LogP contribution in [0.4, 0.5) is 13.2 Å². The molecule has 0 aromatic heterocycles. The van der Waals surface area contributed by atoms with Crippen molar-refractivity contribution in [3.8, 4) is 5.75 Å². The van der Waals surface area contributed by atoms with E-state index in [1.807, 2.05) is 55.6 Å². The molecule has 0 bridgehead atoms. The van der Waals surface area contributed by atoms with Crippen LogP contribution >= 0.6 is 23.2 Å². The van der Waals surface area contributed by atoms with Crippen LogP contribution in [0.25, 0.3) is 0 Å². The van der Waals surface area contributed by atoms with Crippen LogP contribution in [0.5, 0.6) is 5.75 Å². The number of halogens is 5. The first-order valence-corrected chi connectivity index (χ1v) is 15.5. The lowest BCUT2D eigenvalue weighted by Gasteiger charge is -2.25. The smallest absolute Gasteiger partial charge is 0.450 e. The molecule has 5 nitrogen and oxygen atoms in total. The largest absolute Gasteiger partial charge is 0.492 e. The molecule has 0 saturated heterocycles. The number of likely N-dealkylation sites (N-methyl/N-ethyl adjacent to an activating group) is 1. The average molecular weight is 673 g/mol. The van der Waals surface area contributed by atoms with Crippen molar-refractivity contribution in [2.24, 2.45) is 5.92 Å². The van der Waals surface area contributed by atoms with Gasteiger partial charge in [-0.3, -0.25) is 4.79 Å². The number of ketones is 1. The normalized spacial score (nSPS) is 12.3. The molecular weight excluding hydrogens is 638 g/mol. The molecule has 1 unspecified atom stereocenters. The number of alkyl halides is 3. The Hall–Kier alpha value is -3.85. The lowest BCUT2D eigenvalue weighted by atomic mass is 9.89. The Bertz CT molecular complexity index is 1530. The van der Waals surface area contributed by atoms with Crippen LogP contribution in [-0.4, -0.2) is 54.7 Å². The van der Waals surface area contributed by atoms with Gasteiger partial charge in [0.25, 0.3) is 0 Å². The van der Waals surface area contributed by atoms with Gasteiger partial charge in [0.1, 0.15) is 12.4 Å². The minimum absolute atomic E-state index is 0.0254. The van der Waals surface area contributed by atoms with Crippen molar-refractivity contribution in [1.29, 1.82) is 0 Å². The molecule has 242 valence electrons. The SMILES string of the molecule is CN(CCOc1ccc(CC(CCc2ccc(C(=O)O)cc2)C(=O)C(F)(F)F)cc1)CC(c1ccc(Cl)cc1)c1ccc(Cl)cc1. The third-order valence-corrected chi connectivity index (χ3v) is 8.32. The first-order valence-electron chi connectivity index (χ1n) is 14.7. The number of hydrogen-bond donors (Lipinski definition) is 1. The van der Waals surface area contributed by atoms with Gasteiger partial charge in [-0.2, -0.15) is 13.2 Å². The molecule has 10 heteroatoms. The summed E-state index contributed by atoms with van der Waals surface area (Å²) < 4.78 is 46.1. The number of carbonyl (C=O) groups excluding carboxylic acids is 1. The first-order chi connectivity index (χ1) is 21.9. The summed E-state index contributed by atoms with van der Waals surface area (Å²) in [5.74, 6) is -3.48. The summed E-state index contributed by atoms with van der Waals surface area (Å²) in [7, 11) is 2.00. The van der Waals surface area contributed by atoms with Crippen molar-refractivity contribution in [3.05, 3.63) is 135 Å². The van der Waals surface area contributed by atoms with E-state index in [1.54, 1.807) is 36.4 Å². The van der Waals surface area contributed by atoms with Crippen molar-refractivity contribution >= 4 is 35.0 Å². The number of ether oxygens (including phenoxy) is 1. The highest BCUT2D eigenvalue weighted by molar-refractivity contribution is 6.30. The standard InChI is InChI=1S/C36H34Cl2F3NO4/c1-42(23-33(26-10-14-30(37)15-11-26)27-12-16-31(38)17-13-27)20-21-46-32-18-5-25(6-19-32)22-29(34(43)36(39,40)41)9-4-24-2-7-28(8-3-24)35(44)45/h2-3,5-8,10-19,29,33H,4,9,20-23H2,1H3,(H,44,45). The molecule has 0 aliphatic heterocycles. The minimum Gasteiger partial charge on any atom is -0.492 e. The summed E-state index contributed by atoms with van der Waals surface area (Å²) in [6, 6.07) is 28.2. The predicted molar refractivity (Wildman–Crippen MR) is 174 cm³/mol. The van der Waals surface area contributed by atoms with E-state index in [0.29, 0.717) is 46.6 Å². The number of aryl methyl sites for hydroxylation is 1.